The van der Waals surface area contributed by atoms with Gasteiger partial charge in [0.2, 0.25) is 0 Å². The van der Waals surface area contributed by atoms with Crippen molar-refractivity contribution in [1.82, 2.24) is 14.9 Å². The highest BCUT2D eigenvalue weighted by atomic mass is 19.4. The van der Waals surface area contributed by atoms with E-state index in [1.165, 1.54) is 19.2 Å². The molecule has 10 nitrogen and oxygen atoms in total. The number of fused-ring (bicyclic) bond motifs is 1. The Kier molecular flexibility index (Phi) is 5.04. The Hall–Kier alpha value is -4.16. The Morgan fingerprint density at radius 3 is 2.60 bits per heavy atom. The minimum absolute atomic E-state index is 0.0660. The number of H-pyrrole nitrogens is 1. The van der Waals surface area contributed by atoms with Crippen molar-refractivity contribution >= 4 is 28.6 Å². The van der Waals surface area contributed by atoms with Crippen LogP contribution in [0.3, 0.4) is 0 Å². The van der Waals surface area contributed by atoms with E-state index in [1.807, 2.05) is 0 Å². The molecule has 2 aromatic heterocycles. The molecule has 1 aromatic carbocycles. The minimum atomic E-state index is -4.78. The van der Waals surface area contributed by atoms with E-state index < -0.39 is 34.3 Å². The molecule has 0 spiro atoms. The number of rotatable bonds is 4. The van der Waals surface area contributed by atoms with Crippen molar-refractivity contribution in [2.45, 2.75) is 6.18 Å². The zero-order valence-electron chi connectivity index (χ0n) is 15.1. The maximum Gasteiger partial charge on any atom is 0.417 e. The maximum atomic E-state index is 13.6. The molecule has 156 valence electrons. The van der Waals surface area contributed by atoms with Gasteiger partial charge in [-0.1, -0.05) is 0 Å². The predicted molar refractivity (Wildman–Crippen MR) is 98.3 cm³/mol. The van der Waals surface area contributed by atoms with E-state index >= 15 is 0 Å². The lowest BCUT2D eigenvalue weighted by Gasteiger charge is -2.12. The quantitative estimate of drug-likeness (QED) is 0.254. The summed E-state index contributed by atoms with van der Waals surface area (Å²) in [5, 5.41) is 17.8. The largest absolute Gasteiger partial charge is 0.457 e. The molecular formula is C17H13F3N6O4. The Bertz CT molecular complexity index is 1170. The third kappa shape index (κ3) is 3.99. The number of carbonyl (C=O) groups excluding carboxylic acids is 1. The van der Waals surface area contributed by atoms with Gasteiger partial charge in [-0.3, -0.25) is 15.1 Å². The smallest absolute Gasteiger partial charge is 0.417 e. The molecule has 2 heterocycles. The van der Waals surface area contributed by atoms with Gasteiger partial charge in [0.15, 0.2) is 5.96 Å². The number of aromatic amines is 1. The van der Waals surface area contributed by atoms with Crippen molar-refractivity contribution in [1.29, 1.82) is 5.41 Å². The van der Waals surface area contributed by atoms with Crippen LogP contribution in [0.25, 0.3) is 10.9 Å². The predicted octanol–water partition coefficient (Wildman–Crippen LogP) is 3.25. The van der Waals surface area contributed by atoms with E-state index in [4.69, 9.17) is 15.9 Å². The van der Waals surface area contributed by atoms with Gasteiger partial charge < -0.3 is 25.6 Å². The molecule has 0 aliphatic carbocycles. The molecule has 0 atom stereocenters. The highest BCUT2D eigenvalue weighted by Gasteiger charge is 2.34. The van der Waals surface area contributed by atoms with Crippen LogP contribution in [0.4, 0.5) is 19.0 Å². The first-order chi connectivity index (χ1) is 14.0. The zero-order valence-corrected chi connectivity index (χ0v) is 15.1. The molecule has 4 N–H and O–H groups in total. The minimum Gasteiger partial charge on any atom is -0.457 e. The van der Waals surface area contributed by atoms with Crippen molar-refractivity contribution in [3.63, 3.8) is 0 Å². The number of nitrogens with two attached hydrogens (primary N) is 1. The van der Waals surface area contributed by atoms with Gasteiger partial charge in [-0.2, -0.15) is 13.2 Å². The second-order valence-corrected chi connectivity index (χ2v) is 6.07. The number of halogens is 3. The third-order valence-corrected chi connectivity index (χ3v) is 4.05. The summed E-state index contributed by atoms with van der Waals surface area (Å²) in [6.45, 7) is 0. The number of benzene rings is 1. The molecule has 1 amide bonds. The second kappa shape index (κ2) is 7.35. The molecule has 3 rings (SSSR count). The monoisotopic (exact) mass is 422 g/mol. The summed E-state index contributed by atoms with van der Waals surface area (Å²) in [6.07, 6.45) is -3.70. The van der Waals surface area contributed by atoms with Crippen molar-refractivity contribution in [3.8, 4) is 11.5 Å². The molecule has 0 saturated carbocycles. The SMILES string of the molecule is CN(C(=N)N)C(=O)c1cc2c(C(F)(F)F)cc(Oc3ccnc([N+](=O)[O-])c3)cc2[nH]1. The average molecular weight is 422 g/mol. The fourth-order valence-electron chi connectivity index (χ4n) is 2.61. The fourth-order valence-corrected chi connectivity index (χ4v) is 2.61. The number of amides is 1. The second-order valence-electron chi connectivity index (χ2n) is 6.07. The van der Waals surface area contributed by atoms with Crippen LogP contribution in [0.2, 0.25) is 0 Å². The van der Waals surface area contributed by atoms with Gasteiger partial charge in [-0.15, -0.1) is 0 Å². The van der Waals surface area contributed by atoms with Crippen molar-refractivity contribution in [2.24, 2.45) is 5.73 Å². The summed E-state index contributed by atoms with van der Waals surface area (Å²) in [5.41, 5.74) is 3.86. The van der Waals surface area contributed by atoms with Crippen LogP contribution in [-0.4, -0.2) is 38.7 Å². The number of nitro groups is 1. The van der Waals surface area contributed by atoms with Crippen LogP contribution in [0, 0.1) is 15.5 Å². The number of ether oxygens (including phenoxy) is 1. The molecule has 0 fully saturated rings. The normalized spacial score (nSPS) is 11.3. The lowest BCUT2D eigenvalue weighted by Crippen LogP contribution is -2.38. The summed E-state index contributed by atoms with van der Waals surface area (Å²) in [4.78, 5) is 29.1. The molecule has 0 radical (unpaired) electrons. The highest BCUT2D eigenvalue weighted by molar-refractivity contribution is 6.06. The summed E-state index contributed by atoms with van der Waals surface area (Å²) < 4.78 is 46.1. The molecule has 0 aliphatic rings. The molecule has 0 aliphatic heterocycles. The van der Waals surface area contributed by atoms with E-state index in [0.29, 0.717) is 6.07 Å². The number of carbonyl (C=O) groups is 1. The standard InChI is InChI=1S/C17H13F3N6O4/c1-25(16(21)22)15(27)13-7-10-11(17(18,19)20)4-9(5-12(10)24-13)30-8-2-3-23-14(6-8)26(28)29/h2-7,24H,1H3,(H3,21,22). The molecule has 3 aromatic rings. The molecular weight excluding hydrogens is 409 g/mol. The van der Waals surface area contributed by atoms with Crippen LogP contribution < -0.4 is 10.5 Å². The van der Waals surface area contributed by atoms with E-state index in [9.17, 15) is 28.1 Å². The van der Waals surface area contributed by atoms with Gasteiger partial charge in [0, 0.05) is 24.6 Å². The van der Waals surface area contributed by atoms with E-state index in [-0.39, 0.29) is 28.1 Å². The molecule has 0 saturated heterocycles. The van der Waals surface area contributed by atoms with Gasteiger partial charge >= 0.3 is 12.0 Å². The number of guanidine groups is 1. The third-order valence-electron chi connectivity index (χ3n) is 4.05. The van der Waals surface area contributed by atoms with Gasteiger partial charge in [0.05, 0.1) is 17.1 Å². The first kappa shape index (κ1) is 20.6. The Morgan fingerprint density at radius 1 is 1.30 bits per heavy atom. The lowest BCUT2D eigenvalue weighted by molar-refractivity contribution is -0.389. The van der Waals surface area contributed by atoms with Crippen LogP contribution in [0.5, 0.6) is 11.5 Å². The maximum absolute atomic E-state index is 13.6. The Labute approximate surface area is 165 Å². The van der Waals surface area contributed by atoms with Gasteiger partial charge in [-0.05, 0) is 22.0 Å². The number of hydrogen-bond acceptors (Lipinski definition) is 6. The van der Waals surface area contributed by atoms with Gasteiger partial charge in [0.1, 0.15) is 23.4 Å². The van der Waals surface area contributed by atoms with E-state index in [1.54, 1.807) is 0 Å². The average Bonchev–Trinajstić information content (AvgIpc) is 3.09. The lowest BCUT2D eigenvalue weighted by atomic mass is 10.1. The summed E-state index contributed by atoms with van der Waals surface area (Å²) in [7, 11) is 1.20. The van der Waals surface area contributed by atoms with Crippen molar-refractivity contribution < 1.29 is 27.6 Å². The number of nitrogens with one attached hydrogen (secondary N) is 2. The summed E-state index contributed by atoms with van der Waals surface area (Å²) >= 11 is 0. The van der Waals surface area contributed by atoms with Gasteiger partial charge in [0.25, 0.3) is 5.91 Å². The van der Waals surface area contributed by atoms with Crippen molar-refractivity contribution in [2.75, 3.05) is 7.05 Å². The fraction of sp³-hybridized carbons (Fsp3) is 0.118. The van der Waals surface area contributed by atoms with Crippen LogP contribution in [-0.2, 0) is 6.18 Å². The van der Waals surface area contributed by atoms with Crippen LogP contribution in [0.15, 0.2) is 36.5 Å². The highest BCUT2D eigenvalue weighted by Crippen LogP contribution is 2.39. The zero-order chi connectivity index (χ0) is 22.2. The van der Waals surface area contributed by atoms with Crippen LogP contribution in [0.1, 0.15) is 16.1 Å². The molecule has 0 bridgehead atoms. The summed E-state index contributed by atoms with van der Waals surface area (Å²) in [5.74, 6) is -2.29. The molecule has 13 heteroatoms. The number of pyridine rings is 1. The Balaban J connectivity index is 2.09. The van der Waals surface area contributed by atoms with E-state index in [0.717, 1.165) is 23.2 Å². The number of alkyl halides is 3. The van der Waals surface area contributed by atoms with Gasteiger partial charge in [-0.25, -0.2) is 0 Å². The molecule has 0 unspecified atom stereocenters. The van der Waals surface area contributed by atoms with Crippen molar-refractivity contribution in [3.05, 3.63) is 57.9 Å². The topological polar surface area (TPSA) is 151 Å². The molecule has 30 heavy (non-hydrogen) atoms. The number of aromatic nitrogens is 2. The van der Waals surface area contributed by atoms with E-state index in [2.05, 4.69) is 9.97 Å². The van der Waals surface area contributed by atoms with Crippen LogP contribution >= 0.6 is 0 Å². The first-order valence-corrected chi connectivity index (χ1v) is 8.11. The summed E-state index contributed by atoms with van der Waals surface area (Å²) in [6, 6.07) is 5.13. The number of hydrogen-bond donors (Lipinski definition) is 3. The Morgan fingerprint density at radius 2 is 2.00 bits per heavy atom. The number of nitrogens with zero attached hydrogens (tertiary/aromatic N) is 3. The first-order valence-electron chi connectivity index (χ1n) is 8.11.